The van der Waals surface area contributed by atoms with Crippen molar-refractivity contribution in [2.45, 2.75) is 51.6 Å². The molecule has 1 aromatic rings. The normalized spacial score (nSPS) is 28.3. The van der Waals surface area contributed by atoms with Crippen LogP contribution in [0, 0.1) is 11.8 Å². The minimum absolute atomic E-state index is 0. The lowest BCUT2D eigenvalue weighted by molar-refractivity contribution is 0.306. The van der Waals surface area contributed by atoms with E-state index in [0.717, 1.165) is 24.4 Å². The van der Waals surface area contributed by atoms with Crippen molar-refractivity contribution in [1.82, 2.24) is 10.6 Å². The number of rotatable bonds is 5. The maximum atomic E-state index is 11.6. The number of aliphatic imine (C=N–C) groups is 1. The first-order valence-corrected chi connectivity index (χ1v) is 11.1. The predicted molar refractivity (Wildman–Crippen MR) is 115 cm³/mol. The summed E-state index contributed by atoms with van der Waals surface area (Å²) in [4.78, 5) is 4.68. The van der Waals surface area contributed by atoms with E-state index in [1.807, 2.05) is 6.07 Å². The fourth-order valence-electron chi connectivity index (χ4n) is 3.69. The summed E-state index contributed by atoms with van der Waals surface area (Å²) >= 11 is 0. The van der Waals surface area contributed by atoms with E-state index >= 15 is 0 Å². The van der Waals surface area contributed by atoms with Gasteiger partial charge in [0.15, 0.2) is 15.8 Å². The van der Waals surface area contributed by atoms with Gasteiger partial charge in [-0.1, -0.05) is 19.8 Å². The van der Waals surface area contributed by atoms with Crippen LogP contribution in [0.5, 0.6) is 0 Å². The van der Waals surface area contributed by atoms with Gasteiger partial charge in [0.25, 0.3) is 0 Å². The molecule has 1 aromatic heterocycles. The van der Waals surface area contributed by atoms with E-state index in [-0.39, 0.29) is 35.6 Å². The van der Waals surface area contributed by atoms with Crippen LogP contribution < -0.4 is 10.6 Å². The first-order chi connectivity index (χ1) is 12.0. The van der Waals surface area contributed by atoms with Crippen LogP contribution in [0.15, 0.2) is 28.0 Å². The molecule has 2 aliphatic rings. The van der Waals surface area contributed by atoms with Crippen LogP contribution >= 0.6 is 24.0 Å². The van der Waals surface area contributed by atoms with Gasteiger partial charge < -0.3 is 15.1 Å². The molecule has 0 radical (unpaired) electrons. The van der Waals surface area contributed by atoms with Crippen molar-refractivity contribution in [2.75, 3.05) is 18.1 Å². The highest BCUT2D eigenvalue weighted by Crippen LogP contribution is 2.23. The van der Waals surface area contributed by atoms with Crippen LogP contribution in [-0.2, 0) is 16.4 Å². The third-order valence-corrected chi connectivity index (χ3v) is 7.16. The van der Waals surface area contributed by atoms with Crippen LogP contribution in [0.4, 0.5) is 0 Å². The number of halogens is 1. The first-order valence-electron chi connectivity index (χ1n) is 9.28. The van der Waals surface area contributed by atoms with E-state index in [9.17, 15) is 8.42 Å². The smallest absolute Gasteiger partial charge is 0.191 e. The molecule has 8 heteroatoms. The Balaban J connectivity index is 0.00000243. The number of sulfone groups is 1. The monoisotopic (exact) mass is 495 g/mol. The molecular weight excluding hydrogens is 465 g/mol. The molecule has 1 aliphatic carbocycles. The fourth-order valence-corrected chi connectivity index (χ4v) is 5.55. The maximum absolute atomic E-state index is 11.6. The second-order valence-electron chi connectivity index (χ2n) is 7.46. The zero-order valence-corrected chi connectivity index (χ0v) is 18.5. The topological polar surface area (TPSA) is 83.7 Å². The molecule has 0 aromatic carbocycles. The number of nitrogens with zero attached hydrogens (tertiary/aromatic N) is 1. The second kappa shape index (κ2) is 9.96. The van der Waals surface area contributed by atoms with Gasteiger partial charge in [-0.15, -0.1) is 24.0 Å². The van der Waals surface area contributed by atoms with Gasteiger partial charge in [-0.05, 0) is 37.2 Å². The highest BCUT2D eigenvalue weighted by molar-refractivity contribution is 14.0. The van der Waals surface area contributed by atoms with Crippen molar-refractivity contribution in [1.29, 1.82) is 0 Å². The summed E-state index contributed by atoms with van der Waals surface area (Å²) in [5, 5.41) is 6.95. The molecule has 2 heterocycles. The van der Waals surface area contributed by atoms with Crippen molar-refractivity contribution in [2.24, 2.45) is 16.8 Å². The van der Waals surface area contributed by atoms with Gasteiger partial charge in [0.2, 0.25) is 0 Å². The molecule has 1 saturated heterocycles. The zero-order chi connectivity index (χ0) is 17.7. The molecule has 3 rings (SSSR count). The van der Waals surface area contributed by atoms with Crippen molar-refractivity contribution >= 4 is 39.8 Å². The van der Waals surface area contributed by atoms with E-state index in [4.69, 9.17) is 4.42 Å². The molecule has 3 unspecified atom stereocenters. The standard InChI is InChI=1S/C18H29N3O3S.HI/c1-14-4-2-3-5-17(14)21-18(19-10-15-6-8-24-12-15)20-11-16-7-9-25(22,23)13-16;/h6,8,12,14,16-17H,2-5,7,9-11,13H2,1H3,(H2,19,20,21);1H. The number of hydrogen-bond acceptors (Lipinski definition) is 4. The quantitative estimate of drug-likeness (QED) is 0.373. The Morgan fingerprint density at radius 2 is 2.12 bits per heavy atom. The number of nitrogens with one attached hydrogen (secondary N) is 2. The summed E-state index contributed by atoms with van der Waals surface area (Å²) in [7, 11) is -2.84. The molecule has 148 valence electrons. The number of hydrogen-bond donors (Lipinski definition) is 2. The van der Waals surface area contributed by atoms with Gasteiger partial charge in [0, 0.05) is 18.2 Å². The minimum atomic E-state index is -2.84. The Labute approximate surface area is 173 Å². The predicted octanol–water partition coefficient (Wildman–Crippen LogP) is 2.95. The van der Waals surface area contributed by atoms with Gasteiger partial charge in [-0.3, -0.25) is 0 Å². The van der Waals surface area contributed by atoms with Crippen LogP contribution in [0.3, 0.4) is 0 Å². The lowest BCUT2D eigenvalue weighted by Gasteiger charge is -2.31. The van der Waals surface area contributed by atoms with E-state index < -0.39 is 9.84 Å². The molecule has 0 bridgehead atoms. The van der Waals surface area contributed by atoms with Crippen molar-refractivity contribution in [3.05, 3.63) is 24.2 Å². The third kappa shape index (κ3) is 6.44. The van der Waals surface area contributed by atoms with E-state index in [2.05, 4.69) is 22.5 Å². The second-order valence-corrected chi connectivity index (χ2v) is 9.69. The lowest BCUT2D eigenvalue weighted by atomic mass is 9.86. The molecule has 6 nitrogen and oxygen atoms in total. The van der Waals surface area contributed by atoms with Crippen molar-refractivity contribution < 1.29 is 12.8 Å². The SMILES string of the molecule is CC1CCCCC1NC(=NCc1ccoc1)NCC1CCS(=O)(=O)C1.I. The molecule has 26 heavy (non-hydrogen) atoms. The van der Waals surface area contributed by atoms with E-state index in [1.54, 1.807) is 12.5 Å². The van der Waals surface area contributed by atoms with Crippen molar-refractivity contribution in [3.8, 4) is 0 Å². The zero-order valence-electron chi connectivity index (χ0n) is 15.3. The lowest BCUT2D eigenvalue weighted by Crippen LogP contribution is -2.48. The molecular formula is C18H30IN3O3S. The van der Waals surface area contributed by atoms with Crippen LogP contribution in [0.25, 0.3) is 0 Å². The fraction of sp³-hybridized carbons (Fsp3) is 0.722. The summed E-state index contributed by atoms with van der Waals surface area (Å²) in [6.07, 6.45) is 9.04. The summed E-state index contributed by atoms with van der Waals surface area (Å²) in [5.74, 6) is 2.18. The molecule has 2 fully saturated rings. The van der Waals surface area contributed by atoms with Gasteiger partial charge in [0.1, 0.15) is 0 Å². The highest BCUT2D eigenvalue weighted by Gasteiger charge is 2.28. The van der Waals surface area contributed by atoms with Crippen LogP contribution in [0.1, 0.15) is 44.6 Å². The molecule has 2 N–H and O–H groups in total. The Hall–Kier alpha value is -0.770. The summed E-state index contributed by atoms with van der Waals surface area (Å²) < 4.78 is 28.4. The van der Waals surface area contributed by atoms with Gasteiger partial charge in [-0.25, -0.2) is 13.4 Å². The van der Waals surface area contributed by atoms with E-state index in [0.29, 0.717) is 30.8 Å². The molecule has 0 amide bonds. The third-order valence-electron chi connectivity index (χ3n) is 5.32. The molecule has 1 saturated carbocycles. The Morgan fingerprint density at radius 3 is 2.77 bits per heavy atom. The Morgan fingerprint density at radius 1 is 1.31 bits per heavy atom. The number of guanidine groups is 1. The van der Waals surface area contributed by atoms with E-state index in [1.165, 1.54) is 19.3 Å². The van der Waals surface area contributed by atoms with Crippen LogP contribution in [0.2, 0.25) is 0 Å². The van der Waals surface area contributed by atoms with Gasteiger partial charge in [-0.2, -0.15) is 0 Å². The summed E-state index contributed by atoms with van der Waals surface area (Å²) in [6.45, 7) is 3.49. The minimum Gasteiger partial charge on any atom is -0.472 e. The maximum Gasteiger partial charge on any atom is 0.191 e. The highest BCUT2D eigenvalue weighted by atomic mass is 127. The summed E-state index contributed by atoms with van der Waals surface area (Å²) in [6, 6.07) is 2.34. The molecule has 1 aliphatic heterocycles. The van der Waals surface area contributed by atoms with Crippen molar-refractivity contribution in [3.63, 3.8) is 0 Å². The number of furan rings is 1. The Bertz CT molecular complexity index is 676. The molecule has 0 spiro atoms. The average Bonchev–Trinajstić information content (AvgIpc) is 3.21. The average molecular weight is 495 g/mol. The summed E-state index contributed by atoms with van der Waals surface area (Å²) in [5.41, 5.74) is 1.03. The first kappa shape index (κ1) is 21.5. The van der Waals surface area contributed by atoms with Gasteiger partial charge >= 0.3 is 0 Å². The van der Waals surface area contributed by atoms with Crippen LogP contribution in [-0.4, -0.2) is 38.5 Å². The Kier molecular flexibility index (Phi) is 8.25. The molecule has 3 atom stereocenters. The largest absolute Gasteiger partial charge is 0.472 e. The van der Waals surface area contributed by atoms with Gasteiger partial charge in [0.05, 0.1) is 30.6 Å².